The second kappa shape index (κ2) is 3.56. The zero-order valence-corrected chi connectivity index (χ0v) is 7.90. The van der Waals surface area contributed by atoms with Crippen LogP contribution >= 0.6 is 0 Å². The van der Waals surface area contributed by atoms with Gasteiger partial charge < -0.3 is 10.5 Å². The molecule has 0 aliphatic rings. The molecule has 0 radical (unpaired) electrons. The largest absolute Gasteiger partial charge is 0.496 e. The van der Waals surface area contributed by atoms with Crippen molar-refractivity contribution in [3.05, 3.63) is 24.0 Å². The highest BCUT2D eigenvalue weighted by molar-refractivity contribution is 5.74. The number of ether oxygens (including phenoxy) is 1. The van der Waals surface area contributed by atoms with Gasteiger partial charge in [0, 0.05) is 0 Å². The third-order valence-electron chi connectivity index (χ3n) is 1.93. The van der Waals surface area contributed by atoms with Gasteiger partial charge >= 0.3 is 0 Å². The molecule has 0 unspecified atom stereocenters. The Hall–Kier alpha value is -2.11. The molecule has 1 aromatic heterocycles. The van der Waals surface area contributed by atoms with Crippen molar-refractivity contribution in [2.75, 3.05) is 12.8 Å². The Morgan fingerprint density at radius 1 is 1.40 bits per heavy atom. The number of hydrogen-bond donors (Lipinski definition) is 1. The summed E-state index contributed by atoms with van der Waals surface area (Å²) in [5.74, 6) is 0.144. The van der Waals surface area contributed by atoms with Gasteiger partial charge in [-0.2, -0.15) is 0 Å². The first-order chi connectivity index (χ1) is 7.22. The van der Waals surface area contributed by atoms with Crippen LogP contribution in [0, 0.1) is 5.82 Å². The van der Waals surface area contributed by atoms with E-state index in [0.717, 1.165) is 0 Å². The summed E-state index contributed by atoms with van der Waals surface area (Å²) in [6.07, 6.45) is 0. The van der Waals surface area contributed by atoms with Gasteiger partial charge in [-0.1, -0.05) is 0 Å². The van der Waals surface area contributed by atoms with E-state index in [-0.39, 0.29) is 11.5 Å². The van der Waals surface area contributed by atoms with Crippen molar-refractivity contribution in [3.63, 3.8) is 0 Å². The van der Waals surface area contributed by atoms with Gasteiger partial charge in [0.1, 0.15) is 11.6 Å². The molecule has 15 heavy (non-hydrogen) atoms. The average molecular weight is 209 g/mol. The molecule has 1 heterocycles. The van der Waals surface area contributed by atoms with Gasteiger partial charge in [0.15, 0.2) is 11.5 Å². The smallest absolute Gasteiger partial charge is 0.196 e. The number of nitrogens with zero attached hydrogens (tertiary/aromatic N) is 2. The van der Waals surface area contributed by atoms with Gasteiger partial charge in [0.05, 0.1) is 12.7 Å². The molecule has 0 saturated carbocycles. The SMILES string of the molecule is COc1ccc(F)cc1-c1nonc1N. The lowest BCUT2D eigenvalue weighted by atomic mass is 10.1. The molecule has 2 aromatic rings. The maximum Gasteiger partial charge on any atom is 0.196 e. The molecule has 1 aromatic carbocycles. The lowest BCUT2D eigenvalue weighted by Crippen LogP contribution is -1.93. The molecule has 0 bridgehead atoms. The van der Waals surface area contributed by atoms with Gasteiger partial charge in [-0.15, -0.1) is 0 Å². The number of benzene rings is 1. The highest BCUT2D eigenvalue weighted by atomic mass is 19.1. The van der Waals surface area contributed by atoms with Crippen LogP contribution in [0.4, 0.5) is 10.2 Å². The van der Waals surface area contributed by atoms with Crippen LogP contribution in [-0.2, 0) is 0 Å². The lowest BCUT2D eigenvalue weighted by Gasteiger charge is -2.05. The van der Waals surface area contributed by atoms with Gasteiger partial charge in [-0.05, 0) is 28.5 Å². The van der Waals surface area contributed by atoms with E-state index in [1.807, 2.05) is 0 Å². The van der Waals surface area contributed by atoms with Crippen molar-refractivity contribution in [1.82, 2.24) is 10.3 Å². The number of anilines is 1. The van der Waals surface area contributed by atoms with Crippen LogP contribution in [0.25, 0.3) is 11.3 Å². The van der Waals surface area contributed by atoms with Crippen LogP contribution in [0.5, 0.6) is 5.75 Å². The van der Waals surface area contributed by atoms with Crippen LogP contribution in [0.1, 0.15) is 0 Å². The van der Waals surface area contributed by atoms with E-state index >= 15 is 0 Å². The first-order valence-electron chi connectivity index (χ1n) is 4.14. The second-order valence-electron chi connectivity index (χ2n) is 2.84. The summed E-state index contributed by atoms with van der Waals surface area (Å²) >= 11 is 0. The minimum Gasteiger partial charge on any atom is -0.496 e. The number of nitrogens with two attached hydrogens (primary N) is 1. The zero-order valence-electron chi connectivity index (χ0n) is 7.90. The van der Waals surface area contributed by atoms with Crippen molar-refractivity contribution in [2.24, 2.45) is 0 Å². The molecule has 2 N–H and O–H groups in total. The molecule has 2 rings (SSSR count). The third-order valence-corrected chi connectivity index (χ3v) is 1.93. The summed E-state index contributed by atoms with van der Waals surface area (Å²) in [7, 11) is 1.47. The first kappa shape index (κ1) is 9.45. The Kier molecular flexibility index (Phi) is 2.24. The molecule has 0 atom stereocenters. The molecule has 78 valence electrons. The third kappa shape index (κ3) is 1.61. The van der Waals surface area contributed by atoms with Crippen LogP contribution < -0.4 is 10.5 Å². The van der Waals surface area contributed by atoms with E-state index in [1.54, 1.807) is 0 Å². The first-order valence-corrected chi connectivity index (χ1v) is 4.14. The van der Waals surface area contributed by atoms with Gasteiger partial charge in [-0.3, -0.25) is 0 Å². The van der Waals surface area contributed by atoms with E-state index < -0.39 is 5.82 Å². The molecule has 0 aliphatic carbocycles. The summed E-state index contributed by atoms with van der Waals surface area (Å²) < 4.78 is 22.5. The van der Waals surface area contributed by atoms with Crippen molar-refractivity contribution < 1.29 is 13.8 Å². The fourth-order valence-electron chi connectivity index (χ4n) is 1.25. The van der Waals surface area contributed by atoms with E-state index in [4.69, 9.17) is 10.5 Å². The molecule has 0 aliphatic heterocycles. The quantitative estimate of drug-likeness (QED) is 0.810. The van der Waals surface area contributed by atoms with Crippen LogP contribution in [-0.4, -0.2) is 17.4 Å². The van der Waals surface area contributed by atoms with E-state index in [0.29, 0.717) is 11.3 Å². The Morgan fingerprint density at radius 3 is 2.80 bits per heavy atom. The second-order valence-corrected chi connectivity index (χ2v) is 2.84. The molecule has 6 heteroatoms. The summed E-state index contributed by atoms with van der Waals surface area (Å²) in [4.78, 5) is 0. The predicted molar refractivity (Wildman–Crippen MR) is 50.7 cm³/mol. The number of aromatic nitrogens is 2. The minimum atomic E-state index is -0.409. The van der Waals surface area contributed by atoms with E-state index in [9.17, 15) is 4.39 Å². The highest BCUT2D eigenvalue weighted by Crippen LogP contribution is 2.31. The number of methoxy groups -OCH3 is 1. The maximum absolute atomic E-state index is 13.0. The molecule has 0 amide bonds. The molecule has 0 saturated heterocycles. The van der Waals surface area contributed by atoms with Crippen LogP contribution in [0.2, 0.25) is 0 Å². The number of rotatable bonds is 2. The van der Waals surface area contributed by atoms with Gasteiger partial charge in [0.25, 0.3) is 0 Å². The predicted octanol–water partition coefficient (Wildman–Crippen LogP) is 1.47. The number of hydrogen-bond acceptors (Lipinski definition) is 5. The lowest BCUT2D eigenvalue weighted by molar-refractivity contribution is 0.310. The fraction of sp³-hybridized carbons (Fsp3) is 0.111. The average Bonchev–Trinajstić information content (AvgIpc) is 2.64. The molecular formula is C9H8FN3O2. The summed E-state index contributed by atoms with van der Waals surface area (Å²) in [6.45, 7) is 0. The van der Waals surface area contributed by atoms with Gasteiger partial charge in [0.2, 0.25) is 0 Å². The summed E-state index contributed by atoms with van der Waals surface area (Å²) in [5, 5.41) is 6.99. The fourth-order valence-corrected chi connectivity index (χ4v) is 1.25. The maximum atomic E-state index is 13.0. The van der Waals surface area contributed by atoms with Crippen molar-refractivity contribution >= 4 is 5.82 Å². The summed E-state index contributed by atoms with van der Waals surface area (Å²) in [6, 6.07) is 4.03. The van der Waals surface area contributed by atoms with Crippen LogP contribution in [0.3, 0.4) is 0 Å². The molecule has 0 fully saturated rings. The Balaban J connectivity index is 2.60. The Bertz CT molecular complexity index is 484. The van der Waals surface area contributed by atoms with E-state index in [2.05, 4.69) is 14.9 Å². The Morgan fingerprint density at radius 2 is 2.20 bits per heavy atom. The molecular weight excluding hydrogens is 201 g/mol. The monoisotopic (exact) mass is 209 g/mol. The van der Waals surface area contributed by atoms with Crippen LogP contribution in [0.15, 0.2) is 22.8 Å². The topological polar surface area (TPSA) is 74.2 Å². The van der Waals surface area contributed by atoms with Crippen molar-refractivity contribution in [1.29, 1.82) is 0 Å². The number of nitrogen functional groups attached to an aromatic ring is 1. The molecule has 5 nitrogen and oxygen atoms in total. The van der Waals surface area contributed by atoms with Crippen molar-refractivity contribution in [2.45, 2.75) is 0 Å². The standard InChI is InChI=1S/C9H8FN3O2/c1-14-7-3-2-5(10)4-6(7)8-9(11)13-15-12-8/h2-4H,1H3,(H2,11,13). The zero-order chi connectivity index (χ0) is 10.8. The van der Waals surface area contributed by atoms with E-state index in [1.165, 1.54) is 25.3 Å². The van der Waals surface area contributed by atoms with Crippen molar-refractivity contribution in [3.8, 4) is 17.0 Å². The Labute approximate surface area is 84.6 Å². The normalized spacial score (nSPS) is 10.3. The van der Waals surface area contributed by atoms with Gasteiger partial charge in [-0.25, -0.2) is 9.02 Å². The number of halogens is 1. The summed E-state index contributed by atoms with van der Waals surface area (Å²) in [5.41, 5.74) is 6.18. The molecule has 0 spiro atoms. The minimum absolute atomic E-state index is 0.0962. The highest BCUT2D eigenvalue weighted by Gasteiger charge is 2.14.